The van der Waals surface area contributed by atoms with Crippen LogP contribution >= 0.6 is 0 Å². The first kappa shape index (κ1) is 90.8. The highest BCUT2D eigenvalue weighted by atomic mass is 32.3. The molecule has 596 valence electrons. The molecule has 2 aromatic carbocycles. The van der Waals surface area contributed by atoms with E-state index in [9.17, 15) is 130 Å². The Hall–Kier alpha value is -11.4. The number of aliphatic carboxylic acids is 6. The van der Waals surface area contributed by atoms with E-state index in [2.05, 4.69) is 57.4 Å². The van der Waals surface area contributed by atoms with Crippen LogP contribution in [0.2, 0.25) is 0 Å². The maximum Gasteiger partial charge on any atom is 0.326 e. The van der Waals surface area contributed by atoms with E-state index in [4.69, 9.17) is 11.5 Å². The minimum absolute atomic E-state index is 0.0808. The number of hydrogen-bond donors (Lipinski definition) is 18. The lowest BCUT2D eigenvalue weighted by Gasteiger charge is -2.31. The number of nitrogens with two attached hydrogens (primary N) is 2. The summed E-state index contributed by atoms with van der Waals surface area (Å²) in [4.78, 5) is 239. The van der Waals surface area contributed by atoms with Crippen LogP contribution < -0.4 is 68.8 Å². The van der Waals surface area contributed by atoms with E-state index in [0.29, 0.717) is 5.56 Å². The van der Waals surface area contributed by atoms with Gasteiger partial charge in [-0.25, -0.2) is 13.2 Å². The number of benzene rings is 2. The Labute approximate surface area is 618 Å². The number of likely N-dealkylation sites (tertiary alicyclic amines) is 1. The summed E-state index contributed by atoms with van der Waals surface area (Å²) >= 11 is 0. The lowest BCUT2D eigenvalue weighted by molar-refractivity contribution is -0.143. The van der Waals surface area contributed by atoms with Gasteiger partial charge in [-0.1, -0.05) is 70.2 Å². The van der Waals surface area contributed by atoms with Crippen molar-refractivity contribution in [2.75, 3.05) is 13.1 Å². The summed E-state index contributed by atoms with van der Waals surface area (Å²) in [7, 11) is -5.29. The zero-order valence-corrected chi connectivity index (χ0v) is 60.1. The number of nitrogens with zero attached hydrogens (tertiary/aromatic N) is 1. The highest BCUT2D eigenvalue weighted by Gasteiger charge is 2.42. The van der Waals surface area contributed by atoms with Crippen molar-refractivity contribution >= 4 is 117 Å². The Morgan fingerprint density at radius 1 is 0.463 bits per heavy atom. The first-order valence-corrected chi connectivity index (χ1v) is 35.3. The topological polar surface area (TPSA) is 671 Å². The first-order valence-electron chi connectivity index (χ1n) is 34.0. The molecule has 0 radical (unpaired) electrons. The molecule has 20 N–H and O–H groups in total. The molecule has 0 aromatic heterocycles. The molecule has 1 aliphatic heterocycles. The molecular formula is C66H92N13O28S-. The molecule has 0 unspecified atom stereocenters. The molecular weight excluding hydrogens is 1450 g/mol. The number of primary amides is 1. The zero-order valence-electron chi connectivity index (χ0n) is 59.3. The minimum Gasteiger partial charge on any atom is -0.716 e. The predicted octanol–water partition coefficient (Wildman–Crippen LogP) is -4.52. The highest BCUT2D eigenvalue weighted by Crippen LogP contribution is 2.23. The fraction of sp³-hybridized carbons (Fsp3) is 0.545. The molecule has 1 fully saturated rings. The van der Waals surface area contributed by atoms with Crippen molar-refractivity contribution in [1.82, 2.24) is 58.1 Å². The number of nitrogens with one attached hydrogen (secondary N) is 10. The van der Waals surface area contributed by atoms with Crippen molar-refractivity contribution in [3.8, 4) is 5.75 Å². The molecule has 12 amide bonds. The average Bonchev–Trinajstić information content (AvgIpc) is 1.57. The molecule has 1 aliphatic rings. The summed E-state index contributed by atoms with van der Waals surface area (Å²) < 4.78 is 38.3. The van der Waals surface area contributed by atoms with Crippen LogP contribution in [0.4, 0.5) is 0 Å². The molecule has 0 spiro atoms. The highest BCUT2D eigenvalue weighted by molar-refractivity contribution is 7.81. The Morgan fingerprint density at radius 3 is 1.22 bits per heavy atom. The number of hydrogen-bond acceptors (Lipinski definition) is 23. The molecule has 2 aromatic rings. The van der Waals surface area contributed by atoms with Gasteiger partial charge >= 0.3 is 35.8 Å². The summed E-state index contributed by atoms with van der Waals surface area (Å²) in [5.74, 6) is -24.2. The third kappa shape index (κ3) is 33.8. The molecule has 42 heteroatoms. The number of carbonyl (C=O) groups is 18. The molecule has 0 bridgehead atoms. The van der Waals surface area contributed by atoms with Gasteiger partial charge in [-0.2, -0.15) is 0 Å². The standard InChI is InChI=1S/C66H93N13O28S/c1-33(2)27-43(60(96)74-42(66(102)103)16-21-49(68)80)75-62(98)45(30-36-12-14-37(15-13-36)107-108(104,105)106)76-58(94)39(18-23-52(84)85)70-57(93)41(20-25-54(88)89)73-64(100)48-11-8-26-79(48)65(101)47(28-34(3)4)78-59(95)40(19-24-53(86)87)71-56(92)38(17-22-51(82)83)72-61(97)44(29-35-9-6-5-7-10-35)77-63(99)46(31-55(90)91)69-50(81)32-67/h5-7,9-10,12-15,33-34,38-48H,8,11,16-32,67H2,1-4H3,(H2,68,80)(H,69,81)(H,70,93)(H,71,92)(H,72,97)(H,73,100)(H,74,96)(H,75,98)(H,76,94)(H,77,99)(H,78,95)(H,82,83)(H,84,85)(H,86,87)(H,88,89)(H,90,91)(H,102,103)(H,104,105,106)/p-1/t38-,39-,40-,41-,42-,43-,44-,45-,46-,47-,48-/m0/s1. The molecule has 0 aliphatic carbocycles. The maximum atomic E-state index is 14.8. The van der Waals surface area contributed by atoms with Gasteiger partial charge in [0.05, 0.1) is 13.0 Å². The van der Waals surface area contributed by atoms with Crippen molar-refractivity contribution in [2.24, 2.45) is 23.3 Å². The summed E-state index contributed by atoms with van der Waals surface area (Å²) in [6.45, 7) is 5.61. The van der Waals surface area contributed by atoms with Crippen molar-refractivity contribution in [2.45, 2.75) is 203 Å². The Balaban J connectivity index is 2.02. The maximum absolute atomic E-state index is 14.8. The second kappa shape index (κ2) is 44.5. The van der Waals surface area contributed by atoms with E-state index in [1.54, 1.807) is 45.9 Å². The van der Waals surface area contributed by atoms with Crippen molar-refractivity contribution in [3.05, 3.63) is 65.7 Å². The fourth-order valence-corrected chi connectivity index (χ4v) is 11.3. The third-order valence-electron chi connectivity index (χ3n) is 16.2. The van der Waals surface area contributed by atoms with Crippen LogP contribution in [0, 0.1) is 11.8 Å². The second-order valence-corrected chi connectivity index (χ2v) is 27.0. The summed E-state index contributed by atoms with van der Waals surface area (Å²) in [5, 5.41) is 81.5. The van der Waals surface area contributed by atoms with Crippen LogP contribution in [0.1, 0.15) is 135 Å². The van der Waals surface area contributed by atoms with Gasteiger partial charge in [0.2, 0.25) is 70.9 Å². The van der Waals surface area contributed by atoms with Crippen LogP contribution in [0.3, 0.4) is 0 Å². The van der Waals surface area contributed by atoms with Crippen LogP contribution in [-0.4, -0.2) is 235 Å². The SMILES string of the molecule is CC(C)C[C@H](NC(=O)[C@H](Cc1ccc(OS(=O)(=O)[O-])cc1)NC(=O)[C@H](CCC(=O)O)NC(=O)[C@H](CCC(=O)O)NC(=O)[C@@H]1CCCN1C(=O)[C@H](CC(C)C)NC(=O)[C@H](CCC(=O)O)NC(=O)[C@H](CCC(=O)O)NC(=O)[C@H](Cc1ccccc1)NC(=O)[C@H](CC(=O)O)NC(=O)CN)C(=O)N[C@@H](CCC(N)=O)C(=O)O. The molecule has 1 heterocycles. The zero-order chi connectivity index (χ0) is 81.3. The Bertz CT molecular complexity index is 3700. The number of rotatable bonds is 49. The number of amides is 12. The van der Waals surface area contributed by atoms with Gasteiger partial charge in [-0.05, 0) is 92.9 Å². The lowest BCUT2D eigenvalue weighted by Crippen LogP contribution is -2.61. The summed E-state index contributed by atoms with van der Waals surface area (Å²) in [5.41, 5.74) is 11.0. The van der Waals surface area contributed by atoms with Gasteiger partial charge in [0.25, 0.3) is 10.4 Å². The van der Waals surface area contributed by atoms with Crippen molar-refractivity contribution < 1.29 is 134 Å². The lowest BCUT2D eigenvalue weighted by atomic mass is 10.00. The summed E-state index contributed by atoms with van der Waals surface area (Å²) in [6, 6.07) is -7.29. The molecule has 0 saturated carbocycles. The minimum atomic E-state index is -5.29. The Kier molecular flexibility index (Phi) is 37.4. The fourth-order valence-electron chi connectivity index (χ4n) is 11.0. The molecule has 108 heavy (non-hydrogen) atoms. The van der Waals surface area contributed by atoms with E-state index < -0.39 is 285 Å². The summed E-state index contributed by atoms with van der Waals surface area (Å²) in [6.07, 6.45) is -9.63. The van der Waals surface area contributed by atoms with Crippen LogP contribution in [0.5, 0.6) is 5.75 Å². The number of carboxylic acids is 6. The molecule has 11 atom stereocenters. The van der Waals surface area contributed by atoms with Gasteiger partial charge in [-0.15, -0.1) is 0 Å². The second-order valence-electron chi connectivity index (χ2n) is 26.0. The van der Waals surface area contributed by atoms with E-state index in [0.717, 1.165) is 29.2 Å². The monoisotopic (exact) mass is 1550 g/mol. The normalized spacial score (nSPS) is 15.4. The molecule has 1 saturated heterocycles. The van der Waals surface area contributed by atoms with E-state index in [-0.39, 0.29) is 44.2 Å². The van der Waals surface area contributed by atoms with Crippen molar-refractivity contribution in [3.63, 3.8) is 0 Å². The van der Waals surface area contributed by atoms with Gasteiger partial charge in [0, 0.05) is 51.5 Å². The number of carboxylic acid groups (broad SMARTS) is 6. The third-order valence-corrected chi connectivity index (χ3v) is 16.6. The molecule has 3 rings (SSSR count). The van der Waals surface area contributed by atoms with E-state index >= 15 is 0 Å². The Morgan fingerprint density at radius 2 is 0.824 bits per heavy atom. The smallest absolute Gasteiger partial charge is 0.326 e. The number of carbonyl (C=O) groups excluding carboxylic acids is 12. The first-order chi connectivity index (χ1) is 50.5. The average molecular weight is 1550 g/mol. The largest absolute Gasteiger partial charge is 0.716 e. The van der Waals surface area contributed by atoms with E-state index in [1.807, 2.05) is 0 Å². The van der Waals surface area contributed by atoms with Crippen molar-refractivity contribution in [1.29, 1.82) is 0 Å². The van der Waals surface area contributed by atoms with E-state index in [1.165, 1.54) is 12.1 Å². The van der Waals surface area contributed by atoms with Crippen LogP contribution in [0.25, 0.3) is 0 Å². The van der Waals surface area contributed by atoms with Gasteiger partial charge in [-0.3, -0.25) is 81.5 Å². The van der Waals surface area contributed by atoms with Crippen LogP contribution in [-0.2, 0) is 110 Å². The van der Waals surface area contributed by atoms with Gasteiger partial charge in [0.15, 0.2) is 0 Å². The van der Waals surface area contributed by atoms with Crippen LogP contribution in [0.15, 0.2) is 54.6 Å². The quantitative estimate of drug-likeness (QED) is 0.0219. The molecule has 41 nitrogen and oxygen atoms in total. The predicted molar refractivity (Wildman–Crippen MR) is 368 cm³/mol. The van der Waals surface area contributed by atoms with Gasteiger partial charge < -0.3 is 109 Å². The van der Waals surface area contributed by atoms with Gasteiger partial charge in [0.1, 0.15) is 72.2 Å².